The van der Waals surface area contributed by atoms with E-state index in [4.69, 9.17) is 11.6 Å². The van der Waals surface area contributed by atoms with Gasteiger partial charge >= 0.3 is 0 Å². The lowest BCUT2D eigenvalue weighted by Gasteiger charge is -2.28. The highest BCUT2D eigenvalue weighted by molar-refractivity contribution is 6.30. The number of benzene rings is 2. The molecule has 1 atom stereocenters. The molecule has 0 amide bonds. The summed E-state index contributed by atoms with van der Waals surface area (Å²) in [6.45, 7) is 3.81. The van der Waals surface area contributed by atoms with Crippen LogP contribution in [0.3, 0.4) is 0 Å². The van der Waals surface area contributed by atoms with Crippen molar-refractivity contribution >= 4 is 28.2 Å². The van der Waals surface area contributed by atoms with Gasteiger partial charge in [-0.2, -0.15) is 15.6 Å². The Balaban J connectivity index is 1.95. The first kappa shape index (κ1) is 17.9. The molecule has 0 radical (unpaired) electrons. The standard InChI is InChI=1S/C22H16ClN5/c1-12-18(10-24)21(15-5-8-20-17(9-15)13(2)27-28-20)19(11-25)22(26-12)14-3-6-16(23)7-4-14/h3-9,21,26H,1-2H3,(H,27,28)/t21-/m1/s1. The minimum absolute atomic E-state index is 0.444. The van der Waals surface area contributed by atoms with Gasteiger partial charge in [-0.25, -0.2) is 0 Å². The molecular formula is C22H16ClN5. The van der Waals surface area contributed by atoms with Gasteiger partial charge in [0, 0.05) is 21.8 Å². The SMILES string of the molecule is CC1=C(C#N)[C@@H](c2ccc3n[nH]c(C)c3c2)C(C#N)=C(c2ccc(Cl)cc2)N1. The van der Waals surface area contributed by atoms with Gasteiger partial charge in [-0.1, -0.05) is 29.8 Å². The minimum atomic E-state index is -0.444. The highest BCUT2D eigenvalue weighted by atomic mass is 35.5. The molecule has 6 heteroatoms. The van der Waals surface area contributed by atoms with Crippen LogP contribution < -0.4 is 5.32 Å². The van der Waals surface area contributed by atoms with E-state index in [1.165, 1.54) is 0 Å². The zero-order valence-corrected chi connectivity index (χ0v) is 16.1. The number of hydrogen-bond acceptors (Lipinski definition) is 4. The number of fused-ring (bicyclic) bond motifs is 1. The van der Waals surface area contributed by atoms with Crippen molar-refractivity contribution in [2.24, 2.45) is 0 Å². The van der Waals surface area contributed by atoms with E-state index in [9.17, 15) is 10.5 Å². The fourth-order valence-corrected chi connectivity index (χ4v) is 3.74. The Hall–Kier alpha value is -3.54. The number of nitrogens with zero attached hydrogens (tertiary/aromatic N) is 3. The normalized spacial score (nSPS) is 16.7. The Labute approximate surface area is 167 Å². The smallest absolute Gasteiger partial charge is 0.0979 e. The molecule has 0 saturated heterocycles. The average Bonchev–Trinajstić information content (AvgIpc) is 3.08. The Morgan fingerprint density at radius 3 is 2.39 bits per heavy atom. The maximum atomic E-state index is 10.0. The fourth-order valence-electron chi connectivity index (χ4n) is 3.61. The van der Waals surface area contributed by atoms with E-state index in [2.05, 4.69) is 27.7 Å². The van der Waals surface area contributed by atoms with Crippen LogP contribution in [0.4, 0.5) is 0 Å². The van der Waals surface area contributed by atoms with E-state index in [-0.39, 0.29) is 0 Å². The monoisotopic (exact) mass is 385 g/mol. The van der Waals surface area contributed by atoms with Crippen molar-refractivity contribution in [3.8, 4) is 12.1 Å². The van der Waals surface area contributed by atoms with Gasteiger partial charge < -0.3 is 5.32 Å². The Bertz CT molecular complexity index is 1230. The van der Waals surface area contributed by atoms with Crippen molar-refractivity contribution in [1.82, 2.24) is 15.5 Å². The van der Waals surface area contributed by atoms with E-state index in [1.807, 2.05) is 44.2 Å². The zero-order chi connectivity index (χ0) is 19.8. The molecule has 3 aromatic rings. The Kier molecular flexibility index (Phi) is 4.39. The third-order valence-electron chi connectivity index (χ3n) is 5.04. The number of allylic oxidation sites excluding steroid dienone is 3. The zero-order valence-electron chi connectivity index (χ0n) is 15.3. The van der Waals surface area contributed by atoms with Gasteiger partial charge in [0.2, 0.25) is 0 Å². The summed E-state index contributed by atoms with van der Waals surface area (Å²) in [6.07, 6.45) is 0. The summed E-state index contributed by atoms with van der Waals surface area (Å²) in [5, 5.41) is 31.9. The number of hydrogen-bond donors (Lipinski definition) is 2. The van der Waals surface area contributed by atoms with Crippen LogP contribution in [0.15, 0.2) is 59.3 Å². The van der Waals surface area contributed by atoms with Crippen LogP contribution in [0.1, 0.15) is 29.7 Å². The van der Waals surface area contributed by atoms with Crippen LogP contribution in [0.25, 0.3) is 16.6 Å². The largest absolute Gasteiger partial charge is 0.357 e. The summed E-state index contributed by atoms with van der Waals surface area (Å²) in [6, 6.07) is 17.8. The van der Waals surface area contributed by atoms with Crippen molar-refractivity contribution in [2.45, 2.75) is 19.8 Å². The van der Waals surface area contributed by atoms with Crippen LogP contribution >= 0.6 is 11.6 Å². The third kappa shape index (κ3) is 2.83. The molecule has 0 spiro atoms. The highest BCUT2D eigenvalue weighted by Gasteiger charge is 2.31. The van der Waals surface area contributed by atoms with Gasteiger partial charge in [0.15, 0.2) is 0 Å². The number of nitriles is 2. The van der Waals surface area contributed by atoms with Crippen LogP contribution in [0, 0.1) is 29.6 Å². The van der Waals surface area contributed by atoms with Crippen LogP contribution in [-0.4, -0.2) is 10.2 Å². The molecule has 5 nitrogen and oxygen atoms in total. The van der Waals surface area contributed by atoms with Crippen molar-refractivity contribution in [3.63, 3.8) is 0 Å². The molecule has 2 aromatic carbocycles. The molecule has 0 aliphatic carbocycles. The lowest BCUT2D eigenvalue weighted by Crippen LogP contribution is -2.24. The number of aromatic nitrogens is 2. The predicted octanol–water partition coefficient (Wildman–Crippen LogP) is 4.94. The third-order valence-corrected chi connectivity index (χ3v) is 5.29. The predicted molar refractivity (Wildman–Crippen MR) is 109 cm³/mol. The van der Waals surface area contributed by atoms with Crippen molar-refractivity contribution < 1.29 is 0 Å². The van der Waals surface area contributed by atoms with Crippen molar-refractivity contribution in [3.05, 3.63) is 81.2 Å². The summed E-state index contributed by atoms with van der Waals surface area (Å²) in [5.41, 5.74) is 6.02. The van der Waals surface area contributed by atoms with Crippen LogP contribution in [-0.2, 0) is 0 Å². The van der Waals surface area contributed by atoms with E-state index < -0.39 is 5.92 Å². The maximum absolute atomic E-state index is 10.0. The quantitative estimate of drug-likeness (QED) is 0.653. The van der Waals surface area contributed by atoms with Crippen LogP contribution in [0.2, 0.25) is 5.02 Å². The van der Waals surface area contributed by atoms with Gasteiger partial charge in [0.25, 0.3) is 0 Å². The number of dihydropyridines is 1. The summed E-state index contributed by atoms with van der Waals surface area (Å²) in [5.74, 6) is -0.444. The molecule has 0 unspecified atom stereocenters. The number of aryl methyl sites for hydroxylation is 1. The molecule has 2 heterocycles. The highest BCUT2D eigenvalue weighted by Crippen LogP contribution is 2.40. The number of halogens is 1. The first-order valence-corrected chi connectivity index (χ1v) is 9.14. The fraction of sp³-hybridized carbons (Fsp3) is 0.136. The lowest BCUT2D eigenvalue weighted by molar-refractivity contribution is 0.880. The summed E-state index contributed by atoms with van der Waals surface area (Å²) in [4.78, 5) is 0. The Morgan fingerprint density at radius 2 is 1.71 bits per heavy atom. The van der Waals surface area contributed by atoms with Crippen molar-refractivity contribution in [1.29, 1.82) is 10.5 Å². The lowest BCUT2D eigenvalue weighted by atomic mass is 9.80. The van der Waals surface area contributed by atoms with E-state index in [0.717, 1.165) is 33.4 Å². The molecule has 0 fully saturated rings. The van der Waals surface area contributed by atoms with Crippen LogP contribution in [0.5, 0.6) is 0 Å². The average molecular weight is 386 g/mol. The molecule has 0 saturated carbocycles. The van der Waals surface area contributed by atoms with Gasteiger partial charge in [0.05, 0.1) is 40.4 Å². The first-order valence-electron chi connectivity index (χ1n) is 8.76. The van der Waals surface area contributed by atoms with E-state index >= 15 is 0 Å². The summed E-state index contributed by atoms with van der Waals surface area (Å²) >= 11 is 6.02. The molecule has 1 aromatic heterocycles. The van der Waals surface area contributed by atoms with E-state index in [1.54, 1.807) is 12.1 Å². The topological polar surface area (TPSA) is 88.3 Å². The molecule has 1 aliphatic heterocycles. The van der Waals surface area contributed by atoms with Gasteiger partial charge in [-0.15, -0.1) is 0 Å². The number of aromatic amines is 1. The number of nitrogens with one attached hydrogen (secondary N) is 2. The maximum Gasteiger partial charge on any atom is 0.0979 e. The minimum Gasteiger partial charge on any atom is -0.357 e. The van der Waals surface area contributed by atoms with Gasteiger partial charge in [-0.05, 0) is 49.2 Å². The molecule has 2 N–H and O–H groups in total. The first-order chi connectivity index (χ1) is 13.5. The Morgan fingerprint density at radius 1 is 1.00 bits per heavy atom. The molecule has 136 valence electrons. The van der Waals surface area contributed by atoms with Gasteiger partial charge in [0.1, 0.15) is 0 Å². The molecule has 0 bridgehead atoms. The summed E-state index contributed by atoms with van der Waals surface area (Å²) in [7, 11) is 0. The number of H-pyrrole nitrogens is 1. The second-order valence-electron chi connectivity index (χ2n) is 6.74. The second kappa shape index (κ2) is 6.88. The van der Waals surface area contributed by atoms with Gasteiger partial charge in [-0.3, -0.25) is 5.10 Å². The number of rotatable bonds is 2. The molecule has 1 aliphatic rings. The molecule has 4 rings (SSSR count). The van der Waals surface area contributed by atoms with E-state index in [0.29, 0.717) is 21.9 Å². The summed E-state index contributed by atoms with van der Waals surface area (Å²) < 4.78 is 0. The van der Waals surface area contributed by atoms with Crippen molar-refractivity contribution in [2.75, 3.05) is 0 Å². The molecule has 28 heavy (non-hydrogen) atoms. The second-order valence-corrected chi connectivity index (χ2v) is 7.18. The molecular weight excluding hydrogens is 370 g/mol.